The highest BCUT2D eigenvalue weighted by Gasteiger charge is 2.07. The molecule has 0 radical (unpaired) electrons. The number of halogens is 1. The van der Waals surface area contributed by atoms with E-state index in [0.717, 1.165) is 23.2 Å². The number of hydrogen-bond acceptors (Lipinski definition) is 3. The van der Waals surface area contributed by atoms with Crippen LogP contribution in [-0.4, -0.2) is 39.1 Å². The fourth-order valence-corrected chi connectivity index (χ4v) is 1.76. The van der Waals surface area contributed by atoms with Crippen molar-refractivity contribution in [2.24, 2.45) is 0 Å². The molecule has 3 nitrogen and oxygen atoms in total. The molecule has 0 amide bonds. The van der Waals surface area contributed by atoms with E-state index < -0.39 is 0 Å². The minimum atomic E-state index is 0.704. The molecule has 0 aliphatic rings. The molecule has 4 heteroatoms. The first-order valence-corrected chi connectivity index (χ1v) is 5.89. The summed E-state index contributed by atoms with van der Waals surface area (Å²) in [6.07, 6.45) is 0. The first kappa shape index (κ1) is 13.0. The molecule has 0 saturated carbocycles. The van der Waals surface area contributed by atoms with Crippen LogP contribution in [0.25, 0.3) is 0 Å². The van der Waals surface area contributed by atoms with Gasteiger partial charge in [0, 0.05) is 24.6 Å². The van der Waals surface area contributed by atoms with Crippen LogP contribution >= 0.6 is 15.9 Å². The van der Waals surface area contributed by atoms with Gasteiger partial charge in [-0.25, -0.2) is 0 Å². The van der Waals surface area contributed by atoms with Gasteiger partial charge in [0.25, 0.3) is 0 Å². The topological polar surface area (TPSA) is 30.3 Å². The van der Waals surface area contributed by atoms with Gasteiger partial charge in [0.05, 0.1) is 11.3 Å². The van der Waals surface area contributed by atoms with Crippen molar-refractivity contribution >= 4 is 21.6 Å². The minimum absolute atomic E-state index is 0.704. The number of hydrogen-bond donors (Lipinski definition) is 0. The third kappa shape index (κ3) is 3.51. The highest BCUT2D eigenvalue weighted by atomic mass is 79.9. The van der Waals surface area contributed by atoms with Crippen molar-refractivity contribution in [3.63, 3.8) is 0 Å². The Morgan fingerprint density at radius 2 is 1.94 bits per heavy atom. The second-order valence-electron chi connectivity index (χ2n) is 4.00. The Labute approximate surface area is 105 Å². The second kappa shape index (κ2) is 5.88. The Morgan fingerprint density at radius 3 is 2.50 bits per heavy atom. The molecule has 86 valence electrons. The van der Waals surface area contributed by atoms with Crippen molar-refractivity contribution in [3.05, 3.63) is 28.2 Å². The zero-order chi connectivity index (χ0) is 12.1. The summed E-state index contributed by atoms with van der Waals surface area (Å²) >= 11 is 3.37. The summed E-state index contributed by atoms with van der Waals surface area (Å²) in [7, 11) is 6.09. The molecule has 0 fully saturated rings. The molecule has 0 atom stereocenters. The Balaban J connectivity index is 2.83. The zero-order valence-electron chi connectivity index (χ0n) is 9.87. The zero-order valence-corrected chi connectivity index (χ0v) is 11.5. The second-order valence-corrected chi connectivity index (χ2v) is 4.91. The molecule has 0 aromatic heterocycles. The molecule has 0 N–H and O–H groups in total. The number of anilines is 1. The molecule has 0 unspecified atom stereocenters. The molecule has 1 aromatic rings. The quantitative estimate of drug-likeness (QED) is 0.849. The largest absolute Gasteiger partial charge is 0.372 e. The third-order valence-electron chi connectivity index (χ3n) is 2.37. The van der Waals surface area contributed by atoms with E-state index in [1.54, 1.807) is 0 Å². The summed E-state index contributed by atoms with van der Waals surface area (Å²) in [6.45, 7) is 1.88. The fourth-order valence-electron chi connectivity index (χ4n) is 1.40. The van der Waals surface area contributed by atoms with E-state index in [1.807, 2.05) is 39.3 Å². The number of nitriles is 1. The van der Waals surface area contributed by atoms with Gasteiger partial charge >= 0.3 is 0 Å². The highest BCUT2D eigenvalue weighted by Crippen LogP contribution is 2.22. The van der Waals surface area contributed by atoms with Crippen molar-refractivity contribution in [1.29, 1.82) is 5.26 Å². The Kier molecular flexibility index (Phi) is 4.78. The molecule has 0 bridgehead atoms. The molecular formula is C12H16BrN3. The first-order valence-electron chi connectivity index (χ1n) is 5.10. The van der Waals surface area contributed by atoms with E-state index in [1.165, 1.54) is 0 Å². The molecular weight excluding hydrogens is 266 g/mol. The SMILES string of the molecule is CN(C)CCN(C)c1ccc(Br)cc1C#N. The Morgan fingerprint density at radius 1 is 1.25 bits per heavy atom. The molecule has 0 saturated heterocycles. The Hall–Kier alpha value is -1.05. The summed E-state index contributed by atoms with van der Waals surface area (Å²) < 4.78 is 0.939. The smallest absolute Gasteiger partial charge is 0.101 e. The van der Waals surface area contributed by atoms with Crippen LogP contribution in [-0.2, 0) is 0 Å². The predicted molar refractivity (Wildman–Crippen MR) is 70.7 cm³/mol. The predicted octanol–water partition coefficient (Wildman–Crippen LogP) is 2.32. The third-order valence-corrected chi connectivity index (χ3v) is 2.87. The summed E-state index contributed by atoms with van der Waals surface area (Å²) in [5, 5.41) is 9.06. The lowest BCUT2D eigenvalue weighted by atomic mass is 10.2. The van der Waals surface area contributed by atoms with Crippen LogP contribution in [0.4, 0.5) is 5.69 Å². The van der Waals surface area contributed by atoms with Gasteiger partial charge in [-0.2, -0.15) is 5.26 Å². The van der Waals surface area contributed by atoms with Gasteiger partial charge < -0.3 is 9.80 Å². The van der Waals surface area contributed by atoms with Crippen molar-refractivity contribution in [2.45, 2.75) is 0 Å². The van der Waals surface area contributed by atoms with Crippen LogP contribution in [0.3, 0.4) is 0 Å². The molecule has 1 aromatic carbocycles. The lowest BCUT2D eigenvalue weighted by Gasteiger charge is -2.22. The monoisotopic (exact) mass is 281 g/mol. The van der Waals surface area contributed by atoms with Gasteiger partial charge in [-0.1, -0.05) is 15.9 Å². The van der Waals surface area contributed by atoms with Gasteiger partial charge in [-0.3, -0.25) is 0 Å². The number of nitrogens with zero attached hydrogens (tertiary/aromatic N) is 3. The van der Waals surface area contributed by atoms with Crippen LogP contribution in [0.1, 0.15) is 5.56 Å². The lowest BCUT2D eigenvalue weighted by Crippen LogP contribution is -2.28. The van der Waals surface area contributed by atoms with Gasteiger partial charge in [0.1, 0.15) is 6.07 Å². The lowest BCUT2D eigenvalue weighted by molar-refractivity contribution is 0.416. The maximum atomic E-state index is 9.06. The van der Waals surface area contributed by atoms with E-state index in [4.69, 9.17) is 5.26 Å². The highest BCUT2D eigenvalue weighted by molar-refractivity contribution is 9.10. The number of benzene rings is 1. The maximum absolute atomic E-state index is 9.06. The van der Waals surface area contributed by atoms with Crippen LogP contribution < -0.4 is 4.90 Å². The van der Waals surface area contributed by atoms with Crippen molar-refractivity contribution in [1.82, 2.24) is 4.90 Å². The van der Waals surface area contributed by atoms with Crippen molar-refractivity contribution in [3.8, 4) is 6.07 Å². The van der Waals surface area contributed by atoms with Gasteiger partial charge in [0.15, 0.2) is 0 Å². The molecule has 1 rings (SSSR count). The number of rotatable bonds is 4. The molecule has 16 heavy (non-hydrogen) atoms. The van der Waals surface area contributed by atoms with Gasteiger partial charge in [-0.05, 0) is 32.3 Å². The van der Waals surface area contributed by atoms with E-state index in [9.17, 15) is 0 Å². The van der Waals surface area contributed by atoms with E-state index in [0.29, 0.717) is 5.56 Å². The Bertz CT molecular complexity index is 396. The minimum Gasteiger partial charge on any atom is -0.372 e. The standard InChI is InChI=1S/C12H16BrN3/c1-15(2)6-7-16(3)12-5-4-11(13)8-10(12)9-14/h4-5,8H,6-7H2,1-3H3. The van der Waals surface area contributed by atoms with Crippen LogP contribution in [0.5, 0.6) is 0 Å². The average Bonchev–Trinajstić information content (AvgIpc) is 2.25. The van der Waals surface area contributed by atoms with E-state index in [2.05, 4.69) is 31.8 Å². The van der Waals surface area contributed by atoms with Crippen LogP contribution in [0.15, 0.2) is 22.7 Å². The summed E-state index contributed by atoms with van der Waals surface area (Å²) in [4.78, 5) is 4.23. The van der Waals surface area contributed by atoms with Gasteiger partial charge in [0.2, 0.25) is 0 Å². The summed E-state index contributed by atoms with van der Waals surface area (Å²) in [5.74, 6) is 0. The average molecular weight is 282 g/mol. The van der Waals surface area contributed by atoms with E-state index in [-0.39, 0.29) is 0 Å². The van der Waals surface area contributed by atoms with Crippen LogP contribution in [0.2, 0.25) is 0 Å². The van der Waals surface area contributed by atoms with Crippen LogP contribution in [0, 0.1) is 11.3 Å². The molecule has 0 aliphatic carbocycles. The summed E-state index contributed by atoms with van der Waals surface area (Å²) in [5.41, 5.74) is 1.68. The first-order chi connectivity index (χ1) is 7.54. The fraction of sp³-hybridized carbons (Fsp3) is 0.417. The maximum Gasteiger partial charge on any atom is 0.101 e. The van der Waals surface area contributed by atoms with E-state index >= 15 is 0 Å². The molecule has 0 heterocycles. The summed E-state index contributed by atoms with van der Waals surface area (Å²) in [6, 6.07) is 8.00. The number of likely N-dealkylation sites (N-methyl/N-ethyl adjacent to an activating group) is 2. The molecule has 0 spiro atoms. The van der Waals surface area contributed by atoms with Gasteiger partial charge in [-0.15, -0.1) is 0 Å². The normalized spacial score (nSPS) is 10.2. The van der Waals surface area contributed by atoms with Crippen molar-refractivity contribution in [2.75, 3.05) is 39.1 Å². The molecule has 0 aliphatic heterocycles. The van der Waals surface area contributed by atoms with Crippen molar-refractivity contribution < 1.29 is 0 Å².